The average molecular weight is 485 g/mol. The Balaban J connectivity index is 1.94. The predicted molar refractivity (Wildman–Crippen MR) is 124 cm³/mol. The number of piperazine rings is 1. The molecule has 1 aromatic carbocycles. The fourth-order valence-corrected chi connectivity index (χ4v) is 5.06. The molecule has 0 aliphatic carbocycles. The van der Waals surface area contributed by atoms with E-state index in [4.69, 9.17) is 4.74 Å². The maximum absolute atomic E-state index is 13.9. The quantitative estimate of drug-likeness (QED) is 0.456. The highest BCUT2D eigenvalue weighted by Crippen LogP contribution is 2.33. The van der Waals surface area contributed by atoms with Gasteiger partial charge in [0.25, 0.3) is 0 Å². The lowest BCUT2D eigenvalue weighted by molar-refractivity contribution is -0.139. The van der Waals surface area contributed by atoms with E-state index < -0.39 is 29.4 Å². The van der Waals surface area contributed by atoms with Crippen molar-refractivity contribution in [2.75, 3.05) is 32.8 Å². The summed E-state index contributed by atoms with van der Waals surface area (Å²) < 4.78 is 43.6. The third-order valence-electron chi connectivity index (χ3n) is 5.69. The largest absolute Gasteiger partial charge is 0.359 e. The lowest BCUT2D eigenvalue weighted by Crippen LogP contribution is -2.51. The lowest BCUT2D eigenvalue weighted by atomic mass is 10.1. The minimum atomic E-state index is -4.90. The predicted octanol–water partition coefficient (Wildman–Crippen LogP) is 3.37. The van der Waals surface area contributed by atoms with Crippen LogP contribution in [0.25, 0.3) is 10.9 Å². The van der Waals surface area contributed by atoms with Gasteiger partial charge in [0.1, 0.15) is 11.1 Å². The molecule has 32 heavy (non-hydrogen) atoms. The van der Waals surface area contributed by atoms with Crippen molar-refractivity contribution in [2.24, 2.45) is 5.92 Å². The van der Waals surface area contributed by atoms with E-state index in [-0.39, 0.29) is 11.8 Å². The molecule has 0 spiro atoms. The Kier molecular flexibility index (Phi) is 7.43. The number of H-pyrrole nitrogens is 1. The number of fused-ring (bicyclic) bond motifs is 1. The number of aromatic nitrogens is 2. The van der Waals surface area contributed by atoms with Gasteiger partial charge in [0.15, 0.2) is 0 Å². The van der Waals surface area contributed by atoms with Gasteiger partial charge >= 0.3 is 10.2 Å². The number of ether oxygens (including phenoxy) is 1. The van der Waals surface area contributed by atoms with Crippen LogP contribution in [0.15, 0.2) is 23.2 Å². The first kappa shape index (κ1) is 24.8. The summed E-state index contributed by atoms with van der Waals surface area (Å²) in [6.45, 7) is 13.3. The minimum Gasteiger partial charge on any atom is -0.359 e. The Morgan fingerprint density at radius 2 is 1.88 bits per heavy atom. The van der Waals surface area contributed by atoms with Crippen LogP contribution >= 0.6 is 0 Å². The van der Waals surface area contributed by atoms with Crippen molar-refractivity contribution in [1.82, 2.24) is 20.0 Å². The summed E-state index contributed by atoms with van der Waals surface area (Å²) in [4.78, 5) is 15.9. The molecule has 2 aromatic rings. The molecule has 2 heterocycles. The van der Waals surface area contributed by atoms with E-state index in [1.54, 1.807) is 6.20 Å². The number of nitrogens with one attached hydrogen (secondary N) is 1. The minimum absolute atomic E-state index is 0.0673. The number of nitrogens with zero attached hydrogens (tertiary/aromatic N) is 3. The molecule has 1 aromatic heterocycles. The second kappa shape index (κ2) is 9.58. The average Bonchev–Trinajstić information content (AvgIpc) is 3.18. The molecule has 1 fully saturated rings. The Labute approximate surface area is 190 Å². The van der Waals surface area contributed by atoms with Crippen LogP contribution in [0.2, 0.25) is 25.7 Å². The molecule has 3 rings (SSSR count). The number of benzene rings is 1. The third-order valence-corrected chi connectivity index (χ3v) is 8.19. The van der Waals surface area contributed by atoms with Gasteiger partial charge in [0, 0.05) is 57.7 Å². The van der Waals surface area contributed by atoms with Crippen LogP contribution in [0.5, 0.6) is 0 Å². The maximum atomic E-state index is 13.9. The molecule has 1 atom stereocenters. The maximum Gasteiger partial charge on any atom is 0.332 e. The molecule has 11 heteroatoms. The van der Waals surface area contributed by atoms with Crippen LogP contribution in [0.1, 0.15) is 25.6 Å². The summed E-state index contributed by atoms with van der Waals surface area (Å²) in [7, 11) is -6.27. The van der Waals surface area contributed by atoms with Gasteiger partial charge in [-0.05, 0) is 18.2 Å². The van der Waals surface area contributed by atoms with Crippen LogP contribution in [0.3, 0.4) is 0 Å². The summed E-state index contributed by atoms with van der Waals surface area (Å²) in [6, 6.07) is 3.53. The van der Waals surface area contributed by atoms with Gasteiger partial charge in [-0.15, -0.1) is 3.89 Å². The van der Waals surface area contributed by atoms with E-state index >= 15 is 0 Å². The Morgan fingerprint density at radius 3 is 2.44 bits per heavy atom. The molecule has 8 nitrogen and oxygen atoms in total. The van der Waals surface area contributed by atoms with E-state index in [2.05, 4.69) is 34.7 Å². The number of hydrogen-bond donors (Lipinski definition) is 1. The van der Waals surface area contributed by atoms with Crippen LogP contribution in [0, 0.1) is 5.92 Å². The second-order valence-corrected chi connectivity index (χ2v) is 16.8. The van der Waals surface area contributed by atoms with Crippen molar-refractivity contribution >= 4 is 35.1 Å². The molecule has 1 aliphatic heterocycles. The normalized spacial score (nSPS) is 17.3. The first-order valence-electron chi connectivity index (χ1n) is 10.9. The van der Waals surface area contributed by atoms with Crippen LogP contribution in [-0.2, 0) is 19.8 Å². The van der Waals surface area contributed by atoms with E-state index in [0.717, 1.165) is 6.04 Å². The van der Waals surface area contributed by atoms with Crippen LogP contribution in [0.4, 0.5) is 3.89 Å². The molecule has 0 saturated carbocycles. The van der Waals surface area contributed by atoms with Gasteiger partial charge in [-0.2, -0.15) is 13.5 Å². The summed E-state index contributed by atoms with van der Waals surface area (Å²) >= 11 is 0. The van der Waals surface area contributed by atoms with Crippen molar-refractivity contribution in [2.45, 2.75) is 50.7 Å². The Morgan fingerprint density at radius 1 is 1.22 bits per heavy atom. The number of carbonyl (C=O) groups excluding carboxylic acids is 1. The fraction of sp³-hybridized carbons (Fsp3) is 0.619. The summed E-state index contributed by atoms with van der Waals surface area (Å²) in [5.41, 5.74) is 0.998. The molecule has 1 amide bonds. The summed E-state index contributed by atoms with van der Waals surface area (Å²) in [6.07, 6.45) is 1.04. The molecule has 1 aliphatic rings. The zero-order valence-electron chi connectivity index (χ0n) is 19.4. The number of aromatic amines is 1. The van der Waals surface area contributed by atoms with E-state index in [9.17, 15) is 17.1 Å². The molecule has 178 valence electrons. The Bertz CT molecular complexity index is 1060. The summed E-state index contributed by atoms with van der Waals surface area (Å²) in [5.74, 6) is 0.0472. The third kappa shape index (κ3) is 5.94. The summed E-state index contributed by atoms with van der Waals surface area (Å²) in [5, 5.41) is 7.46. The number of rotatable bonds is 8. The molecular formula is C21H33FN4O4SSi. The molecule has 1 saturated heterocycles. The zero-order valence-corrected chi connectivity index (χ0v) is 21.2. The number of halogens is 1. The van der Waals surface area contributed by atoms with Crippen LogP contribution in [-0.4, -0.2) is 75.2 Å². The SMILES string of the molecule is CC(C)C(=O)N1CCN(C(OCC[Si](C)(C)C)c2cc(S(=O)(=O)F)cc3[nH]ncc23)CC1. The van der Waals surface area contributed by atoms with Gasteiger partial charge in [-0.1, -0.05) is 33.5 Å². The van der Waals surface area contributed by atoms with E-state index in [0.29, 0.717) is 49.3 Å². The topological polar surface area (TPSA) is 95.6 Å². The molecule has 0 bridgehead atoms. The Hall–Kier alpha value is -1.82. The number of hydrogen-bond acceptors (Lipinski definition) is 6. The lowest BCUT2D eigenvalue weighted by Gasteiger charge is -2.40. The van der Waals surface area contributed by atoms with Gasteiger partial charge in [-0.25, -0.2) is 0 Å². The highest BCUT2D eigenvalue weighted by atomic mass is 32.3. The standard InChI is InChI=1S/C21H33FN4O4SSi/c1-15(2)20(27)25-6-8-26(9-7-25)21(30-10-11-32(3,4)5)17-12-16(31(22,28)29)13-19-18(17)14-23-24-19/h12-15,21H,6-11H2,1-5H3,(H,23,24). The van der Waals surface area contributed by atoms with Crippen molar-refractivity contribution in [3.63, 3.8) is 0 Å². The molecular weight excluding hydrogens is 451 g/mol. The van der Waals surface area contributed by atoms with E-state index in [1.807, 2.05) is 18.7 Å². The van der Waals surface area contributed by atoms with Crippen LogP contribution < -0.4 is 0 Å². The molecule has 1 N–H and O–H groups in total. The van der Waals surface area contributed by atoms with Crippen molar-refractivity contribution in [3.05, 3.63) is 23.9 Å². The van der Waals surface area contributed by atoms with Crippen molar-refractivity contribution in [1.29, 1.82) is 0 Å². The van der Waals surface area contributed by atoms with Gasteiger partial charge in [0.05, 0.1) is 11.7 Å². The van der Waals surface area contributed by atoms with Gasteiger partial charge in [0.2, 0.25) is 5.91 Å². The van der Waals surface area contributed by atoms with Gasteiger partial charge < -0.3 is 9.64 Å². The molecule has 1 unspecified atom stereocenters. The number of carbonyl (C=O) groups is 1. The van der Waals surface area contributed by atoms with Gasteiger partial charge in [-0.3, -0.25) is 14.8 Å². The highest BCUT2D eigenvalue weighted by Gasteiger charge is 2.31. The highest BCUT2D eigenvalue weighted by molar-refractivity contribution is 7.86. The monoisotopic (exact) mass is 484 g/mol. The van der Waals surface area contributed by atoms with Crippen molar-refractivity contribution in [3.8, 4) is 0 Å². The molecule has 0 radical (unpaired) electrons. The first-order valence-corrected chi connectivity index (χ1v) is 16.0. The van der Waals surface area contributed by atoms with E-state index in [1.165, 1.54) is 12.1 Å². The fourth-order valence-electron chi connectivity index (χ4n) is 3.81. The first-order chi connectivity index (χ1) is 14.9. The number of amides is 1. The second-order valence-electron chi connectivity index (χ2n) is 9.83. The zero-order chi connectivity index (χ0) is 23.7. The smallest absolute Gasteiger partial charge is 0.332 e. The van der Waals surface area contributed by atoms with Crippen molar-refractivity contribution < 1.29 is 21.8 Å².